The van der Waals surface area contributed by atoms with Gasteiger partial charge in [0.15, 0.2) is 0 Å². The number of likely N-dealkylation sites (tertiary alicyclic amines) is 1. The topological polar surface area (TPSA) is 112 Å². The van der Waals surface area contributed by atoms with E-state index < -0.39 is 42.6 Å². The van der Waals surface area contributed by atoms with E-state index in [1.807, 2.05) is 19.9 Å². The number of aliphatic carboxylic acids is 1. The summed E-state index contributed by atoms with van der Waals surface area (Å²) in [5.74, 6) is -1.89. The van der Waals surface area contributed by atoms with Crippen molar-refractivity contribution in [1.82, 2.24) is 20.5 Å². The average molecular weight is 681 g/mol. The number of carboxylic acids is 1. The highest BCUT2D eigenvalue weighted by atomic mass is 35.5. The van der Waals surface area contributed by atoms with Crippen LogP contribution in [-0.2, 0) is 9.59 Å². The average Bonchev–Trinajstić information content (AvgIpc) is 3.00. The van der Waals surface area contributed by atoms with Crippen molar-refractivity contribution in [1.29, 1.82) is 0 Å². The lowest BCUT2D eigenvalue weighted by Crippen LogP contribution is -2.40. The Bertz CT molecular complexity index is 1580. The second-order valence-electron chi connectivity index (χ2n) is 13.6. The molecule has 10 heteroatoms. The van der Waals surface area contributed by atoms with Crippen molar-refractivity contribution < 1.29 is 23.9 Å². The molecule has 2 heterocycles. The normalized spacial score (nSPS) is 14.3. The number of nitrogens with zero attached hydrogens (tertiary/aromatic N) is 2. The summed E-state index contributed by atoms with van der Waals surface area (Å²) in [5.41, 5.74) is 4.71. The van der Waals surface area contributed by atoms with E-state index in [2.05, 4.69) is 55.1 Å². The minimum Gasteiger partial charge on any atom is -0.481 e. The third-order valence-electron chi connectivity index (χ3n) is 8.25. The molecule has 0 aliphatic carbocycles. The van der Waals surface area contributed by atoms with Gasteiger partial charge < -0.3 is 20.6 Å². The van der Waals surface area contributed by atoms with Crippen LogP contribution in [0.4, 0.5) is 4.39 Å². The number of carboxylic acid groups (broad SMARTS) is 1. The molecular formula is C38H50ClFN4O4. The first-order chi connectivity index (χ1) is 22.6. The number of aryl methyl sites for hydroxylation is 3. The highest BCUT2D eigenvalue weighted by molar-refractivity contribution is 6.30. The zero-order chi connectivity index (χ0) is 35.7. The predicted molar refractivity (Wildman–Crippen MR) is 190 cm³/mol. The fourth-order valence-corrected chi connectivity index (χ4v) is 6.31. The molecule has 8 nitrogen and oxygen atoms in total. The first-order valence-corrected chi connectivity index (χ1v) is 17.0. The lowest BCUT2D eigenvalue weighted by Gasteiger charge is -2.34. The van der Waals surface area contributed by atoms with Gasteiger partial charge in [0, 0.05) is 28.2 Å². The molecule has 3 N–H and O–H groups in total. The Morgan fingerprint density at radius 2 is 1.58 bits per heavy atom. The monoisotopic (exact) mass is 680 g/mol. The number of pyridine rings is 1. The van der Waals surface area contributed by atoms with Crippen LogP contribution >= 0.6 is 11.6 Å². The molecule has 4 rings (SSSR count). The van der Waals surface area contributed by atoms with E-state index in [1.165, 1.54) is 0 Å². The van der Waals surface area contributed by atoms with Gasteiger partial charge in [0.2, 0.25) is 5.91 Å². The van der Waals surface area contributed by atoms with Crippen molar-refractivity contribution in [3.8, 4) is 11.1 Å². The van der Waals surface area contributed by atoms with Gasteiger partial charge in [-0.2, -0.15) is 0 Å². The maximum absolute atomic E-state index is 15.5. The van der Waals surface area contributed by atoms with Crippen molar-refractivity contribution in [2.75, 3.05) is 19.6 Å². The number of piperidine rings is 1. The number of hydrogen-bond donors (Lipinski definition) is 3. The number of aromatic nitrogens is 1. The fourth-order valence-electron chi connectivity index (χ4n) is 5.99. The van der Waals surface area contributed by atoms with Crippen LogP contribution in [0.25, 0.3) is 11.1 Å². The van der Waals surface area contributed by atoms with Crippen LogP contribution in [0.3, 0.4) is 0 Å². The Kier molecular flexibility index (Phi) is 14.1. The second kappa shape index (κ2) is 17.5. The van der Waals surface area contributed by atoms with Gasteiger partial charge in [-0.25, -0.2) is 9.37 Å². The summed E-state index contributed by atoms with van der Waals surface area (Å²) < 4.78 is 15.5. The SMILES string of the molecule is CC(C)C.Cc1cc(-c2c(C)cc(Cl)cc2C)cc(C(CC(=O)O)NC(=O)CNC(=O)c2cccc(C3CCN(C(C)C)CC3)n2)c1F. The third-order valence-corrected chi connectivity index (χ3v) is 8.47. The Labute approximate surface area is 289 Å². The highest BCUT2D eigenvalue weighted by Gasteiger charge is 2.26. The zero-order valence-electron chi connectivity index (χ0n) is 29.4. The number of carbonyl (C=O) groups excluding carboxylic acids is 2. The maximum Gasteiger partial charge on any atom is 0.305 e. The van der Waals surface area contributed by atoms with Crippen LogP contribution in [0.2, 0.25) is 5.02 Å². The third kappa shape index (κ3) is 10.9. The highest BCUT2D eigenvalue weighted by Crippen LogP contribution is 2.34. The summed E-state index contributed by atoms with van der Waals surface area (Å²) in [7, 11) is 0. The Morgan fingerprint density at radius 3 is 2.15 bits per heavy atom. The Hall–Kier alpha value is -3.82. The molecule has 2 aromatic carbocycles. The number of carbonyl (C=O) groups is 3. The van der Waals surface area contributed by atoms with E-state index in [9.17, 15) is 19.5 Å². The van der Waals surface area contributed by atoms with E-state index in [0.717, 1.165) is 54.2 Å². The van der Waals surface area contributed by atoms with Gasteiger partial charge >= 0.3 is 5.97 Å². The molecule has 1 aliphatic heterocycles. The Morgan fingerprint density at radius 1 is 0.979 bits per heavy atom. The summed E-state index contributed by atoms with van der Waals surface area (Å²) >= 11 is 6.20. The molecule has 0 bridgehead atoms. The molecule has 1 saturated heterocycles. The van der Waals surface area contributed by atoms with Gasteiger partial charge in [0.25, 0.3) is 5.91 Å². The number of nitrogens with one attached hydrogen (secondary N) is 2. The molecule has 1 fully saturated rings. The summed E-state index contributed by atoms with van der Waals surface area (Å²) in [6, 6.07) is 11.5. The number of halogens is 2. The van der Waals surface area contributed by atoms with Crippen LogP contribution in [0, 0.1) is 32.5 Å². The van der Waals surface area contributed by atoms with Gasteiger partial charge in [-0.15, -0.1) is 0 Å². The van der Waals surface area contributed by atoms with Gasteiger partial charge in [-0.3, -0.25) is 14.4 Å². The van der Waals surface area contributed by atoms with Gasteiger partial charge in [0.1, 0.15) is 11.5 Å². The summed E-state index contributed by atoms with van der Waals surface area (Å²) in [6.07, 6.45) is 1.37. The summed E-state index contributed by atoms with van der Waals surface area (Å²) in [4.78, 5) is 44.6. The minimum absolute atomic E-state index is 0.0497. The first kappa shape index (κ1) is 38.6. The van der Waals surface area contributed by atoms with Crippen molar-refractivity contribution >= 4 is 29.4 Å². The van der Waals surface area contributed by atoms with Crippen molar-refractivity contribution in [3.05, 3.63) is 86.9 Å². The molecule has 2 amide bonds. The van der Waals surface area contributed by atoms with Crippen LogP contribution in [0.5, 0.6) is 0 Å². The predicted octanol–water partition coefficient (Wildman–Crippen LogP) is 7.78. The van der Waals surface area contributed by atoms with E-state index in [-0.39, 0.29) is 17.2 Å². The second-order valence-corrected chi connectivity index (χ2v) is 14.0. The zero-order valence-corrected chi connectivity index (χ0v) is 30.2. The van der Waals surface area contributed by atoms with E-state index in [4.69, 9.17) is 11.6 Å². The van der Waals surface area contributed by atoms with Crippen molar-refractivity contribution in [2.24, 2.45) is 5.92 Å². The summed E-state index contributed by atoms with van der Waals surface area (Å²) in [5, 5.41) is 15.4. The lowest BCUT2D eigenvalue weighted by atomic mass is 9.90. The lowest BCUT2D eigenvalue weighted by molar-refractivity contribution is -0.137. The van der Waals surface area contributed by atoms with E-state index in [1.54, 1.807) is 43.3 Å². The molecule has 3 aromatic rings. The fraction of sp³-hybridized carbons (Fsp3) is 0.474. The molecule has 1 atom stereocenters. The minimum atomic E-state index is -1.21. The molecule has 1 aliphatic rings. The number of hydrogen-bond acceptors (Lipinski definition) is 5. The van der Waals surface area contributed by atoms with Crippen molar-refractivity contribution in [3.63, 3.8) is 0 Å². The van der Waals surface area contributed by atoms with Crippen LogP contribution in [0.1, 0.15) is 104 Å². The number of rotatable bonds is 10. The van der Waals surface area contributed by atoms with Crippen LogP contribution in [0.15, 0.2) is 42.5 Å². The molecule has 1 aromatic heterocycles. The smallest absolute Gasteiger partial charge is 0.305 e. The molecule has 0 spiro atoms. The molecule has 0 radical (unpaired) electrons. The molecule has 48 heavy (non-hydrogen) atoms. The van der Waals surface area contributed by atoms with Gasteiger partial charge in [-0.05, 0) is 131 Å². The number of amides is 2. The standard InChI is InChI=1S/C34H40ClFN4O4.C4H10/c1-19(2)40-11-9-23(10-12-40)27-7-6-8-28(38-27)34(44)37-18-30(41)39-29(17-31(42)43)26-16-24(13-22(5)33(26)36)32-20(3)14-25(35)15-21(32)4;1-4(2)3/h6-8,13-16,19,23,29H,9-12,17-18H2,1-5H3,(H,37,44)(H,39,41)(H,42,43);4H,1-3H3. The number of benzene rings is 2. The quantitative estimate of drug-likeness (QED) is 0.202. The molecule has 260 valence electrons. The molecule has 1 unspecified atom stereocenters. The van der Waals surface area contributed by atoms with E-state index >= 15 is 4.39 Å². The van der Waals surface area contributed by atoms with Gasteiger partial charge in [-0.1, -0.05) is 38.4 Å². The maximum atomic E-state index is 15.5. The summed E-state index contributed by atoms with van der Waals surface area (Å²) in [6.45, 7) is 17.8. The van der Waals surface area contributed by atoms with E-state index in [0.29, 0.717) is 22.2 Å². The Balaban J connectivity index is 0.00000148. The van der Waals surface area contributed by atoms with Crippen molar-refractivity contribution in [2.45, 2.75) is 92.7 Å². The van der Waals surface area contributed by atoms with Crippen LogP contribution < -0.4 is 10.6 Å². The first-order valence-electron chi connectivity index (χ1n) is 16.6. The molecular weight excluding hydrogens is 631 g/mol. The van der Waals surface area contributed by atoms with Crippen LogP contribution in [-0.4, -0.2) is 58.5 Å². The molecule has 0 saturated carbocycles. The largest absolute Gasteiger partial charge is 0.481 e. The van der Waals surface area contributed by atoms with Gasteiger partial charge in [0.05, 0.1) is 19.0 Å².